The van der Waals surface area contributed by atoms with Gasteiger partial charge in [-0.15, -0.1) is 0 Å². The molecule has 1 amide bonds. The second-order valence-corrected chi connectivity index (χ2v) is 7.20. The van der Waals surface area contributed by atoms with Crippen molar-refractivity contribution < 1.29 is 4.79 Å². The van der Waals surface area contributed by atoms with Crippen LogP contribution < -0.4 is 5.32 Å². The van der Waals surface area contributed by atoms with Crippen LogP contribution >= 0.6 is 0 Å². The van der Waals surface area contributed by atoms with Crippen molar-refractivity contribution in [3.05, 3.63) is 65.5 Å². The summed E-state index contributed by atoms with van der Waals surface area (Å²) in [6.45, 7) is 2.21. The Bertz CT molecular complexity index is 821. The fourth-order valence-corrected chi connectivity index (χ4v) is 4.35. The quantitative estimate of drug-likeness (QED) is 0.923. The molecule has 2 bridgehead atoms. The third-order valence-electron chi connectivity index (χ3n) is 5.68. The van der Waals surface area contributed by atoms with Gasteiger partial charge in [0.1, 0.15) is 0 Å². The zero-order valence-electron chi connectivity index (χ0n) is 14.6. The molecule has 3 fully saturated rings. The average molecular weight is 346 g/mol. The van der Waals surface area contributed by atoms with Crippen LogP contribution in [0.5, 0.6) is 0 Å². The molecular formula is C21H22N4O. The van der Waals surface area contributed by atoms with Gasteiger partial charge >= 0.3 is 0 Å². The van der Waals surface area contributed by atoms with Gasteiger partial charge in [-0.25, -0.2) is 0 Å². The summed E-state index contributed by atoms with van der Waals surface area (Å²) < 4.78 is 0. The standard InChI is InChI=1S/C21H22N4O/c22-13-15-3-1-5-18(11-15)21(26)24-20-17-6-9-25(10-7-17)19(20)12-16-4-2-8-23-14-16/h1-5,8,11,14,17,19-20H,6-7,9-10,12H2,(H,24,26). The lowest BCUT2D eigenvalue weighted by Gasteiger charge is -2.51. The second kappa shape index (κ2) is 7.27. The third kappa shape index (κ3) is 3.33. The third-order valence-corrected chi connectivity index (χ3v) is 5.68. The topological polar surface area (TPSA) is 69.0 Å². The number of nitriles is 1. The predicted octanol–water partition coefficient (Wildman–Crippen LogP) is 2.39. The lowest BCUT2D eigenvalue weighted by molar-refractivity contribution is 0.0136. The van der Waals surface area contributed by atoms with Crippen LogP contribution in [0.3, 0.4) is 0 Å². The summed E-state index contributed by atoms with van der Waals surface area (Å²) in [5.74, 6) is 0.432. The molecule has 1 N–H and O–H groups in total. The summed E-state index contributed by atoms with van der Waals surface area (Å²) in [6, 6.07) is 13.5. The number of nitrogens with one attached hydrogen (secondary N) is 1. The highest BCUT2D eigenvalue weighted by molar-refractivity contribution is 5.94. The number of fused-ring (bicyclic) bond motifs is 3. The Hall–Kier alpha value is -2.71. The Morgan fingerprint density at radius 2 is 2.12 bits per heavy atom. The molecular weight excluding hydrogens is 324 g/mol. The van der Waals surface area contributed by atoms with Crippen LogP contribution in [0.1, 0.15) is 34.3 Å². The van der Waals surface area contributed by atoms with Gasteiger partial charge in [-0.05, 0) is 68.1 Å². The van der Waals surface area contributed by atoms with E-state index < -0.39 is 0 Å². The van der Waals surface area contributed by atoms with Crippen molar-refractivity contribution in [3.63, 3.8) is 0 Å². The highest BCUT2D eigenvalue weighted by atomic mass is 16.1. The van der Waals surface area contributed by atoms with Crippen molar-refractivity contribution in [1.29, 1.82) is 5.26 Å². The molecule has 132 valence electrons. The van der Waals surface area contributed by atoms with E-state index in [0.717, 1.165) is 32.4 Å². The molecule has 1 aromatic carbocycles. The number of hydrogen-bond acceptors (Lipinski definition) is 4. The summed E-state index contributed by atoms with van der Waals surface area (Å²) in [7, 11) is 0. The summed E-state index contributed by atoms with van der Waals surface area (Å²) in [5.41, 5.74) is 2.27. The Labute approximate surface area is 153 Å². The van der Waals surface area contributed by atoms with Crippen molar-refractivity contribution in [1.82, 2.24) is 15.2 Å². The zero-order valence-corrected chi connectivity index (χ0v) is 14.6. The number of rotatable bonds is 4. The van der Waals surface area contributed by atoms with Crippen molar-refractivity contribution in [2.45, 2.75) is 31.3 Å². The highest BCUT2D eigenvalue weighted by Crippen LogP contribution is 2.34. The molecule has 26 heavy (non-hydrogen) atoms. The first kappa shape index (κ1) is 16.7. The minimum absolute atomic E-state index is 0.0861. The van der Waals surface area contributed by atoms with Crippen LogP contribution in [0, 0.1) is 17.2 Å². The fraction of sp³-hybridized carbons (Fsp3) is 0.381. The van der Waals surface area contributed by atoms with Crippen molar-refractivity contribution in [2.75, 3.05) is 13.1 Å². The zero-order chi connectivity index (χ0) is 17.9. The van der Waals surface area contributed by atoms with E-state index in [1.807, 2.05) is 12.3 Å². The number of piperidine rings is 3. The maximum Gasteiger partial charge on any atom is 0.251 e. The van der Waals surface area contributed by atoms with E-state index >= 15 is 0 Å². The Balaban J connectivity index is 1.54. The van der Waals surface area contributed by atoms with Crippen LogP contribution in [0.2, 0.25) is 0 Å². The maximum atomic E-state index is 12.8. The van der Waals surface area contributed by atoms with E-state index in [1.54, 1.807) is 30.5 Å². The van der Waals surface area contributed by atoms with E-state index in [0.29, 0.717) is 23.1 Å². The number of amides is 1. The van der Waals surface area contributed by atoms with Crippen LogP contribution in [0.4, 0.5) is 0 Å². The van der Waals surface area contributed by atoms with E-state index in [-0.39, 0.29) is 11.9 Å². The number of carbonyl (C=O) groups excluding carboxylic acids is 1. The minimum atomic E-state index is -0.0861. The SMILES string of the molecule is N#Cc1cccc(C(=O)NC2C3CCN(CC3)C2Cc2cccnc2)c1. The lowest BCUT2D eigenvalue weighted by atomic mass is 9.76. The molecule has 2 unspecified atom stereocenters. The normalized spacial score (nSPS) is 26.9. The number of pyridine rings is 1. The molecule has 4 heterocycles. The van der Waals surface area contributed by atoms with Gasteiger partial charge in [-0.1, -0.05) is 12.1 Å². The molecule has 5 nitrogen and oxygen atoms in total. The van der Waals surface area contributed by atoms with Crippen LogP contribution in [0.15, 0.2) is 48.8 Å². The Kier molecular flexibility index (Phi) is 4.68. The molecule has 0 radical (unpaired) electrons. The number of benzene rings is 1. The molecule has 0 saturated carbocycles. The fourth-order valence-electron chi connectivity index (χ4n) is 4.35. The molecule has 3 aliphatic rings. The maximum absolute atomic E-state index is 12.8. The van der Waals surface area contributed by atoms with E-state index in [2.05, 4.69) is 27.3 Å². The first-order chi connectivity index (χ1) is 12.7. The minimum Gasteiger partial charge on any atom is -0.347 e. The molecule has 3 saturated heterocycles. The van der Waals surface area contributed by atoms with Gasteiger partial charge in [0.15, 0.2) is 0 Å². The summed E-state index contributed by atoms with van der Waals surface area (Å²) >= 11 is 0. The number of nitrogens with zero attached hydrogens (tertiary/aromatic N) is 3. The molecule has 0 spiro atoms. The predicted molar refractivity (Wildman–Crippen MR) is 98.4 cm³/mol. The van der Waals surface area contributed by atoms with Gasteiger partial charge in [0.25, 0.3) is 5.91 Å². The molecule has 2 atom stereocenters. The highest BCUT2D eigenvalue weighted by Gasteiger charge is 2.42. The second-order valence-electron chi connectivity index (χ2n) is 7.20. The van der Waals surface area contributed by atoms with Crippen molar-refractivity contribution >= 4 is 5.91 Å². The first-order valence-corrected chi connectivity index (χ1v) is 9.18. The van der Waals surface area contributed by atoms with E-state index in [9.17, 15) is 4.79 Å². The molecule has 3 aliphatic heterocycles. The first-order valence-electron chi connectivity index (χ1n) is 9.18. The van der Waals surface area contributed by atoms with Gasteiger partial charge in [0, 0.05) is 30.0 Å². The summed E-state index contributed by atoms with van der Waals surface area (Å²) in [4.78, 5) is 19.5. The average Bonchev–Trinajstić information content (AvgIpc) is 2.71. The van der Waals surface area contributed by atoms with Gasteiger partial charge in [-0.2, -0.15) is 5.26 Å². The largest absolute Gasteiger partial charge is 0.347 e. The smallest absolute Gasteiger partial charge is 0.251 e. The number of carbonyl (C=O) groups is 1. The molecule has 5 heteroatoms. The van der Waals surface area contributed by atoms with Crippen molar-refractivity contribution in [2.24, 2.45) is 5.92 Å². The van der Waals surface area contributed by atoms with E-state index in [4.69, 9.17) is 5.26 Å². The van der Waals surface area contributed by atoms with Crippen LogP contribution in [-0.2, 0) is 6.42 Å². The Morgan fingerprint density at radius 3 is 2.85 bits per heavy atom. The molecule has 1 aromatic heterocycles. The van der Waals surface area contributed by atoms with Gasteiger partial charge in [0.2, 0.25) is 0 Å². The number of aromatic nitrogens is 1. The Morgan fingerprint density at radius 1 is 1.27 bits per heavy atom. The van der Waals surface area contributed by atoms with Crippen molar-refractivity contribution in [3.8, 4) is 6.07 Å². The summed E-state index contributed by atoms with van der Waals surface area (Å²) in [6.07, 6.45) is 6.86. The monoisotopic (exact) mass is 346 g/mol. The molecule has 5 rings (SSSR count). The molecule has 0 aliphatic carbocycles. The van der Waals surface area contributed by atoms with Crippen LogP contribution in [0.25, 0.3) is 0 Å². The van der Waals surface area contributed by atoms with Gasteiger partial charge < -0.3 is 5.32 Å². The van der Waals surface area contributed by atoms with Gasteiger partial charge in [-0.3, -0.25) is 14.7 Å². The van der Waals surface area contributed by atoms with Gasteiger partial charge in [0.05, 0.1) is 11.6 Å². The summed E-state index contributed by atoms with van der Waals surface area (Å²) in [5, 5.41) is 12.3. The number of hydrogen-bond donors (Lipinski definition) is 1. The van der Waals surface area contributed by atoms with E-state index in [1.165, 1.54) is 5.56 Å². The lowest BCUT2D eigenvalue weighted by Crippen LogP contribution is -2.64. The van der Waals surface area contributed by atoms with Crippen LogP contribution in [-0.4, -0.2) is 41.0 Å². The molecule has 2 aromatic rings.